The van der Waals surface area contributed by atoms with E-state index in [0.717, 1.165) is 5.56 Å². The Bertz CT molecular complexity index is 777. The van der Waals surface area contributed by atoms with Crippen LogP contribution in [0.25, 0.3) is 0 Å². The molecule has 2 heterocycles. The first-order chi connectivity index (χ1) is 12.1. The number of thioether (sulfide) groups is 2. The van der Waals surface area contributed by atoms with Gasteiger partial charge in [0.1, 0.15) is 5.76 Å². The normalized spacial score (nSPS) is 19.2. The molecule has 1 aromatic carbocycles. The fraction of sp³-hybridized carbons (Fsp3) is 0.188. The summed E-state index contributed by atoms with van der Waals surface area (Å²) in [5.74, 6) is -2.03. The van der Waals surface area contributed by atoms with E-state index >= 15 is 0 Å². The molecule has 1 atom stereocenters. The van der Waals surface area contributed by atoms with Crippen LogP contribution in [0.1, 0.15) is 11.3 Å². The number of rotatable bonds is 6. The average molecular weight is 381 g/mol. The lowest BCUT2D eigenvalue weighted by Crippen LogP contribution is -2.25. The zero-order valence-electron chi connectivity index (χ0n) is 12.8. The molecule has 0 aliphatic carbocycles. The van der Waals surface area contributed by atoms with Crippen molar-refractivity contribution in [2.75, 3.05) is 0 Å². The molecule has 5 nitrogen and oxygen atoms in total. The van der Waals surface area contributed by atoms with E-state index in [1.165, 1.54) is 24.2 Å². The summed E-state index contributed by atoms with van der Waals surface area (Å²) in [6, 6.07) is 10.2. The van der Waals surface area contributed by atoms with Gasteiger partial charge in [0.25, 0.3) is 5.76 Å². The summed E-state index contributed by atoms with van der Waals surface area (Å²) in [5, 5.41) is 10.6. The summed E-state index contributed by atoms with van der Waals surface area (Å²) in [6.45, 7) is 0. The van der Waals surface area contributed by atoms with E-state index in [2.05, 4.69) is 15.5 Å². The van der Waals surface area contributed by atoms with Gasteiger partial charge in [-0.2, -0.15) is 13.9 Å². The van der Waals surface area contributed by atoms with Gasteiger partial charge < -0.3 is 9.73 Å². The minimum absolute atomic E-state index is 0.150. The van der Waals surface area contributed by atoms with E-state index in [0.29, 0.717) is 34.0 Å². The topological polar surface area (TPSA) is 67.0 Å². The smallest absolute Gasteiger partial charge is 0.288 e. The first-order valence-corrected chi connectivity index (χ1v) is 9.02. The number of amides is 1. The predicted molar refractivity (Wildman–Crippen MR) is 95.3 cm³/mol. The Morgan fingerprint density at radius 3 is 2.80 bits per heavy atom. The number of hydrogen-bond donors (Lipinski definition) is 1. The van der Waals surface area contributed by atoms with E-state index in [1.54, 1.807) is 36.4 Å². The fourth-order valence-electron chi connectivity index (χ4n) is 2.11. The zero-order chi connectivity index (χ0) is 17.6. The molecule has 3 rings (SSSR count). The van der Waals surface area contributed by atoms with E-state index in [1.807, 2.05) is 0 Å². The Labute approximate surface area is 151 Å². The second-order valence-electron chi connectivity index (χ2n) is 4.99. The number of hydrogen-bond acceptors (Lipinski definition) is 6. The maximum atomic E-state index is 12.3. The van der Waals surface area contributed by atoms with Crippen molar-refractivity contribution < 1.29 is 18.0 Å². The van der Waals surface area contributed by atoms with Crippen LogP contribution in [0, 0.1) is 0 Å². The maximum Gasteiger partial charge on any atom is 0.288 e. The molecular formula is C16H13F2N3O2S2. The van der Waals surface area contributed by atoms with Crippen LogP contribution in [-0.2, 0) is 11.2 Å². The van der Waals surface area contributed by atoms with Gasteiger partial charge in [0, 0.05) is 4.90 Å². The van der Waals surface area contributed by atoms with Gasteiger partial charge >= 0.3 is 0 Å². The molecule has 0 saturated carbocycles. The van der Waals surface area contributed by atoms with Crippen LogP contribution in [-0.4, -0.2) is 28.3 Å². The second-order valence-corrected chi connectivity index (χ2v) is 7.24. The van der Waals surface area contributed by atoms with E-state index in [-0.39, 0.29) is 11.2 Å². The Morgan fingerprint density at radius 1 is 1.32 bits per heavy atom. The van der Waals surface area contributed by atoms with Crippen molar-refractivity contribution in [3.8, 4) is 0 Å². The number of amidine groups is 1. The summed E-state index contributed by atoms with van der Waals surface area (Å²) >= 11 is 1.78. The van der Waals surface area contributed by atoms with Crippen LogP contribution in [0.5, 0.6) is 0 Å². The van der Waals surface area contributed by atoms with Crippen molar-refractivity contribution in [3.05, 3.63) is 54.0 Å². The molecule has 2 aromatic rings. The highest BCUT2D eigenvalue weighted by Crippen LogP contribution is 2.27. The summed E-state index contributed by atoms with van der Waals surface area (Å²) in [7, 11) is 0. The summed E-state index contributed by atoms with van der Waals surface area (Å²) < 4.78 is 29.7. The van der Waals surface area contributed by atoms with Gasteiger partial charge in [-0.05, 0) is 36.2 Å². The molecule has 1 fully saturated rings. The van der Waals surface area contributed by atoms with Crippen LogP contribution >= 0.6 is 23.5 Å². The number of carbonyl (C=O) groups excluding carboxylic acids is 1. The Hall–Kier alpha value is -2.13. The molecule has 0 bridgehead atoms. The lowest BCUT2D eigenvalue weighted by molar-refractivity contribution is -0.118. The van der Waals surface area contributed by atoms with E-state index in [9.17, 15) is 13.6 Å². The molecule has 0 spiro atoms. The Morgan fingerprint density at radius 2 is 2.12 bits per heavy atom. The molecular weight excluding hydrogens is 368 g/mol. The molecule has 1 N–H and O–H groups in total. The predicted octanol–water partition coefficient (Wildman–Crippen LogP) is 3.76. The maximum absolute atomic E-state index is 12.3. The third-order valence-corrected chi connectivity index (χ3v) is 5.02. The highest BCUT2D eigenvalue weighted by atomic mass is 32.2. The SMILES string of the molecule is O=C1NC(=NN=Cc2ccco2)SC1Cc1ccc(SC(F)F)cc1. The van der Waals surface area contributed by atoms with Gasteiger partial charge in [-0.15, -0.1) is 5.10 Å². The number of alkyl halides is 2. The van der Waals surface area contributed by atoms with Crippen molar-refractivity contribution in [3.63, 3.8) is 0 Å². The van der Waals surface area contributed by atoms with Crippen LogP contribution in [0.2, 0.25) is 0 Å². The number of furan rings is 1. The van der Waals surface area contributed by atoms with Crippen molar-refractivity contribution in [2.45, 2.75) is 22.3 Å². The number of halogens is 2. The summed E-state index contributed by atoms with van der Waals surface area (Å²) in [6.07, 6.45) is 3.46. The lowest BCUT2D eigenvalue weighted by atomic mass is 10.1. The summed E-state index contributed by atoms with van der Waals surface area (Å²) in [5.41, 5.74) is 0.895. The third-order valence-electron chi connectivity index (χ3n) is 3.22. The second kappa shape index (κ2) is 8.30. The van der Waals surface area contributed by atoms with E-state index < -0.39 is 5.76 Å². The first-order valence-electron chi connectivity index (χ1n) is 7.26. The van der Waals surface area contributed by atoms with Crippen molar-refractivity contribution >= 4 is 40.8 Å². The largest absolute Gasteiger partial charge is 0.463 e. The van der Waals surface area contributed by atoms with Crippen LogP contribution in [0.4, 0.5) is 8.78 Å². The standard InChI is InChI=1S/C16H13F2N3O2S2/c17-15(18)24-12-5-3-10(4-6-12)8-13-14(22)20-16(25-13)21-19-9-11-2-1-7-23-11/h1-7,9,13,15H,8H2,(H,20,21,22). The van der Waals surface area contributed by atoms with Crippen LogP contribution in [0.3, 0.4) is 0 Å². The molecule has 130 valence electrons. The number of nitrogens with zero attached hydrogens (tertiary/aromatic N) is 2. The highest BCUT2D eigenvalue weighted by Gasteiger charge is 2.30. The highest BCUT2D eigenvalue weighted by molar-refractivity contribution is 8.15. The zero-order valence-corrected chi connectivity index (χ0v) is 14.4. The number of carbonyl (C=O) groups is 1. The molecule has 1 aliphatic rings. The fourth-order valence-corrected chi connectivity index (χ4v) is 3.57. The van der Waals surface area contributed by atoms with E-state index in [4.69, 9.17) is 4.42 Å². The molecule has 25 heavy (non-hydrogen) atoms. The molecule has 1 unspecified atom stereocenters. The molecule has 9 heteroatoms. The minimum atomic E-state index is -2.44. The van der Waals surface area contributed by atoms with Gasteiger partial charge in [0.2, 0.25) is 5.91 Å². The lowest BCUT2D eigenvalue weighted by Gasteiger charge is -2.06. The van der Waals surface area contributed by atoms with Gasteiger partial charge in [-0.1, -0.05) is 35.7 Å². The van der Waals surface area contributed by atoms with Gasteiger partial charge in [-0.3, -0.25) is 4.79 Å². The Balaban J connectivity index is 1.57. The van der Waals surface area contributed by atoms with Crippen molar-refractivity contribution in [2.24, 2.45) is 10.2 Å². The van der Waals surface area contributed by atoms with Gasteiger partial charge in [0.15, 0.2) is 5.17 Å². The quantitative estimate of drug-likeness (QED) is 0.470. The molecule has 1 aliphatic heterocycles. The number of nitrogens with one attached hydrogen (secondary N) is 1. The van der Waals surface area contributed by atoms with Gasteiger partial charge in [-0.25, -0.2) is 0 Å². The summed E-state index contributed by atoms with van der Waals surface area (Å²) in [4.78, 5) is 12.5. The monoisotopic (exact) mass is 381 g/mol. The first kappa shape index (κ1) is 17.7. The number of benzene rings is 1. The van der Waals surface area contributed by atoms with Crippen LogP contribution in [0.15, 0.2) is 62.2 Å². The average Bonchev–Trinajstić information content (AvgIpc) is 3.19. The van der Waals surface area contributed by atoms with Crippen LogP contribution < -0.4 is 5.32 Å². The molecule has 0 radical (unpaired) electrons. The third kappa shape index (κ3) is 5.17. The molecule has 1 aromatic heterocycles. The molecule has 1 amide bonds. The minimum Gasteiger partial charge on any atom is -0.463 e. The van der Waals surface area contributed by atoms with Crippen molar-refractivity contribution in [1.82, 2.24) is 5.32 Å². The Kier molecular flexibility index (Phi) is 5.87. The van der Waals surface area contributed by atoms with Gasteiger partial charge in [0.05, 0.1) is 17.7 Å². The molecule has 1 saturated heterocycles. The van der Waals surface area contributed by atoms with Crippen molar-refractivity contribution in [1.29, 1.82) is 0 Å².